The van der Waals surface area contributed by atoms with Crippen molar-refractivity contribution in [3.63, 3.8) is 0 Å². The predicted molar refractivity (Wildman–Crippen MR) is 166 cm³/mol. The summed E-state index contributed by atoms with van der Waals surface area (Å²) in [5, 5.41) is 0.499. The molecule has 1 amide bonds. The van der Waals surface area contributed by atoms with Crippen molar-refractivity contribution in [3.8, 4) is 17.1 Å². The lowest BCUT2D eigenvalue weighted by atomic mass is 9.95. The Kier molecular flexibility index (Phi) is 7.38. The zero-order valence-corrected chi connectivity index (χ0v) is 24.9. The number of rotatable bonds is 7. The second-order valence-electron chi connectivity index (χ2n) is 11.7. The van der Waals surface area contributed by atoms with E-state index in [1.165, 1.54) is 23.5 Å². The minimum atomic E-state index is -0.889. The number of alkyl halides is 1. The Morgan fingerprint density at radius 3 is 2.95 bits per heavy atom. The number of carbonyl (C=O) groups is 1. The van der Waals surface area contributed by atoms with Crippen LogP contribution in [0.1, 0.15) is 19.3 Å². The van der Waals surface area contributed by atoms with E-state index in [0.717, 1.165) is 24.1 Å². The Morgan fingerprint density at radius 2 is 2.11 bits per heavy atom. The van der Waals surface area contributed by atoms with E-state index < -0.39 is 18.0 Å². The van der Waals surface area contributed by atoms with Crippen LogP contribution in [0.3, 0.4) is 0 Å². The maximum absolute atomic E-state index is 16.0. The molecule has 3 atom stereocenters. The van der Waals surface area contributed by atoms with E-state index in [0.29, 0.717) is 66.0 Å². The van der Waals surface area contributed by atoms with Crippen molar-refractivity contribution >= 4 is 44.2 Å². The highest BCUT2D eigenvalue weighted by molar-refractivity contribution is 7.16. The molecule has 3 aliphatic rings. The van der Waals surface area contributed by atoms with Gasteiger partial charge in [0.05, 0.1) is 26.8 Å². The summed E-state index contributed by atoms with van der Waals surface area (Å²) >= 11 is 1.49. The molecule has 9 nitrogen and oxygen atoms in total. The zero-order chi connectivity index (χ0) is 30.4. The third kappa shape index (κ3) is 4.94. The van der Waals surface area contributed by atoms with Crippen LogP contribution in [0.25, 0.3) is 37.1 Å². The molecular formula is C32H31F2N7O2S. The molecule has 12 heteroatoms. The van der Waals surface area contributed by atoms with Gasteiger partial charge in [-0.15, -0.1) is 11.3 Å². The summed E-state index contributed by atoms with van der Waals surface area (Å²) in [6, 6.07) is 8.57. The number of hydrogen-bond donors (Lipinski definition) is 0. The fraction of sp³-hybridized carbons (Fsp3) is 0.406. The molecular weight excluding hydrogens is 584 g/mol. The minimum absolute atomic E-state index is 0.112. The van der Waals surface area contributed by atoms with Crippen molar-refractivity contribution < 1.29 is 18.3 Å². The zero-order valence-electron chi connectivity index (χ0n) is 24.1. The summed E-state index contributed by atoms with van der Waals surface area (Å²) in [5.41, 5.74) is 3.61. The molecule has 0 N–H and O–H groups in total. The second-order valence-corrected chi connectivity index (χ2v) is 12.6. The van der Waals surface area contributed by atoms with Crippen molar-refractivity contribution in [3.05, 3.63) is 65.7 Å². The first kappa shape index (κ1) is 28.6. The lowest BCUT2D eigenvalue weighted by Crippen LogP contribution is -2.56. The smallest absolute Gasteiger partial charge is 0.319 e. The molecule has 0 aliphatic carbocycles. The number of benzene rings is 2. The Morgan fingerprint density at radius 1 is 1.23 bits per heavy atom. The molecule has 2 aromatic carbocycles. The van der Waals surface area contributed by atoms with Crippen LogP contribution in [-0.2, 0) is 4.79 Å². The summed E-state index contributed by atoms with van der Waals surface area (Å²) in [6.07, 6.45) is 2.62. The second kappa shape index (κ2) is 11.4. The van der Waals surface area contributed by atoms with Crippen LogP contribution in [0.5, 0.6) is 6.01 Å². The molecule has 44 heavy (non-hydrogen) atoms. The van der Waals surface area contributed by atoms with Crippen molar-refractivity contribution in [1.82, 2.24) is 24.8 Å². The van der Waals surface area contributed by atoms with Gasteiger partial charge in [0.2, 0.25) is 12.5 Å². The topological polar surface area (TPSA) is 79.1 Å². The van der Waals surface area contributed by atoms with E-state index in [1.54, 1.807) is 16.5 Å². The summed E-state index contributed by atoms with van der Waals surface area (Å²) in [4.78, 5) is 35.9. The molecule has 7 rings (SSSR count). The largest absolute Gasteiger partial charge is 0.461 e. The molecule has 0 spiro atoms. The van der Waals surface area contributed by atoms with Gasteiger partial charge in [-0.2, -0.15) is 9.97 Å². The highest BCUT2D eigenvalue weighted by Gasteiger charge is 2.49. The Bertz CT molecular complexity index is 1810. The molecule has 2 aromatic heterocycles. The number of anilines is 1. The maximum atomic E-state index is 16.0. The van der Waals surface area contributed by atoms with Crippen molar-refractivity contribution in [2.24, 2.45) is 0 Å². The lowest BCUT2D eigenvalue weighted by Gasteiger charge is -2.39. The fourth-order valence-corrected chi connectivity index (χ4v) is 7.80. The normalized spacial score (nSPS) is 23.7. The van der Waals surface area contributed by atoms with Crippen LogP contribution in [0, 0.1) is 12.4 Å². The fourth-order valence-electron chi connectivity index (χ4n) is 7.09. The number of ether oxygens (including phenoxy) is 1. The van der Waals surface area contributed by atoms with Crippen LogP contribution in [-0.4, -0.2) is 94.3 Å². The molecule has 5 heterocycles. The Balaban J connectivity index is 1.31. The molecule has 0 saturated carbocycles. The number of para-hydroxylation sites is 1. The van der Waals surface area contributed by atoms with E-state index in [-0.39, 0.29) is 30.6 Å². The molecule has 1 unspecified atom stereocenters. The summed E-state index contributed by atoms with van der Waals surface area (Å²) in [5.74, 6) is -0.196. The van der Waals surface area contributed by atoms with Gasteiger partial charge in [-0.1, -0.05) is 18.7 Å². The van der Waals surface area contributed by atoms with Crippen LogP contribution >= 0.6 is 11.3 Å². The van der Waals surface area contributed by atoms with Gasteiger partial charge in [0.15, 0.2) is 0 Å². The number of nitrogens with zero attached hydrogens (tertiary/aromatic N) is 7. The number of piperazine rings is 1. The summed E-state index contributed by atoms with van der Waals surface area (Å²) in [6.45, 7) is 13.8. The Labute approximate surface area is 257 Å². The third-order valence-corrected chi connectivity index (χ3v) is 9.96. The average molecular weight is 616 g/mol. The maximum Gasteiger partial charge on any atom is 0.319 e. The van der Waals surface area contributed by atoms with Gasteiger partial charge in [0.25, 0.3) is 0 Å². The van der Waals surface area contributed by atoms with Crippen molar-refractivity contribution in [1.29, 1.82) is 0 Å². The molecule has 3 aliphatic heterocycles. The summed E-state index contributed by atoms with van der Waals surface area (Å²) in [7, 11) is 0. The van der Waals surface area contributed by atoms with Gasteiger partial charge >= 0.3 is 6.01 Å². The third-order valence-electron chi connectivity index (χ3n) is 9.17. The van der Waals surface area contributed by atoms with E-state index in [9.17, 15) is 9.18 Å². The highest BCUT2D eigenvalue weighted by Crippen LogP contribution is 2.41. The molecule has 4 aromatic rings. The van der Waals surface area contributed by atoms with Gasteiger partial charge in [0, 0.05) is 49.1 Å². The van der Waals surface area contributed by atoms with Crippen LogP contribution in [0.4, 0.5) is 14.6 Å². The number of carbonyl (C=O) groups excluding carboxylic acids is 1. The summed E-state index contributed by atoms with van der Waals surface area (Å²) < 4.78 is 37.6. The predicted octanol–water partition coefficient (Wildman–Crippen LogP) is 5.12. The van der Waals surface area contributed by atoms with Gasteiger partial charge in [0.1, 0.15) is 30.5 Å². The molecule has 226 valence electrons. The van der Waals surface area contributed by atoms with Crippen molar-refractivity contribution in [2.45, 2.75) is 37.0 Å². The van der Waals surface area contributed by atoms with E-state index in [1.807, 2.05) is 23.1 Å². The van der Waals surface area contributed by atoms with Gasteiger partial charge in [-0.05, 0) is 43.7 Å². The van der Waals surface area contributed by atoms with Crippen LogP contribution in [0.2, 0.25) is 0 Å². The number of fused-ring (bicyclic) bond motifs is 3. The highest BCUT2D eigenvalue weighted by atomic mass is 32.1. The van der Waals surface area contributed by atoms with E-state index >= 15 is 4.39 Å². The molecule has 3 fully saturated rings. The number of hydrogen-bond acceptors (Lipinski definition) is 8. The average Bonchev–Trinajstić information content (AvgIpc) is 3.73. The first-order valence-corrected chi connectivity index (χ1v) is 15.6. The Hall–Kier alpha value is -4.21. The number of aromatic nitrogens is 3. The van der Waals surface area contributed by atoms with Crippen LogP contribution in [0.15, 0.2) is 48.5 Å². The van der Waals surface area contributed by atoms with E-state index in [2.05, 4.69) is 21.3 Å². The lowest BCUT2D eigenvalue weighted by molar-refractivity contribution is -0.128. The minimum Gasteiger partial charge on any atom is -0.461 e. The van der Waals surface area contributed by atoms with Crippen LogP contribution < -0.4 is 9.64 Å². The van der Waals surface area contributed by atoms with Crippen molar-refractivity contribution in [2.75, 3.05) is 50.8 Å². The van der Waals surface area contributed by atoms with E-state index in [4.69, 9.17) is 21.3 Å². The standard InChI is InChI=1S/C32H31F2N7O2S/c1-3-28(42)41-11-10-39(17-21(41)15-35-2)30-24-12-25(34)23(22-6-4-7-27-29(22)36-19-44-27)13-26(24)37-31(38-30)43-18-32-8-5-9-40(32)16-20(33)14-32/h3-4,6-7,12-13,19-21H,1,5,8-11,14-18H2/t20-,21+,32?/m1/s1. The first-order valence-electron chi connectivity index (χ1n) is 14.8. The SMILES string of the molecule is [C-]#[N+]C[C@H]1CN(c2nc(OCC34CCCN3C[C@H](F)C4)nc3cc(-c4cccc5scnc45)c(F)cc23)CCN1C(=O)C=C. The molecule has 3 saturated heterocycles. The van der Waals surface area contributed by atoms with Gasteiger partial charge in [-0.3, -0.25) is 9.69 Å². The molecule has 0 radical (unpaired) electrons. The van der Waals surface area contributed by atoms with Gasteiger partial charge in [-0.25, -0.2) is 20.3 Å². The number of amides is 1. The number of thiazole rings is 1. The first-order chi connectivity index (χ1) is 21.4. The van der Waals surface area contributed by atoms with Gasteiger partial charge < -0.3 is 19.4 Å². The quantitative estimate of drug-likeness (QED) is 0.211. The monoisotopic (exact) mass is 615 g/mol. The molecule has 0 bridgehead atoms. The number of halogens is 2.